The van der Waals surface area contributed by atoms with Crippen molar-refractivity contribution in [1.82, 2.24) is 0 Å². The lowest BCUT2D eigenvalue weighted by Crippen LogP contribution is -2.10. The van der Waals surface area contributed by atoms with Gasteiger partial charge in [0.2, 0.25) is 0 Å². The second kappa shape index (κ2) is 5.69. The van der Waals surface area contributed by atoms with Crippen LogP contribution in [0.4, 0.5) is 0 Å². The molecule has 21 heavy (non-hydrogen) atoms. The second-order valence-corrected chi connectivity index (χ2v) is 6.97. The van der Waals surface area contributed by atoms with Crippen molar-refractivity contribution in [3.63, 3.8) is 0 Å². The van der Waals surface area contributed by atoms with Crippen molar-refractivity contribution in [2.45, 2.75) is 18.7 Å². The molecule has 2 rings (SSSR count). The average molecular weight is 304 g/mol. The van der Waals surface area contributed by atoms with Crippen LogP contribution in [0.2, 0.25) is 0 Å². The quantitative estimate of drug-likeness (QED) is 0.646. The molecule has 0 amide bonds. The Hall–Kier alpha value is -2.14. The van der Waals surface area contributed by atoms with Gasteiger partial charge in [0, 0.05) is 6.26 Å². The molecule has 0 radical (unpaired) electrons. The third kappa shape index (κ3) is 3.70. The van der Waals surface area contributed by atoms with E-state index in [9.17, 15) is 13.2 Å². The molecule has 0 N–H and O–H groups in total. The van der Waals surface area contributed by atoms with Gasteiger partial charge in [0.1, 0.15) is 5.75 Å². The number of esters is 1. The lowest BCUT2D eigenvalue weighted by atomic mass is 10.1. The van der Waals surface area contributed by atoms with Gasteiger partial charge in [-0.2, -0.15) is 0 Å². The van der Waals surface area contributed by atoms with E-state index in [0.717, 1.165) is 17.4 Å². The molecule has 0 atom stereocenters. The standard InChI is InChI=1S/C16H16O4S/c1-11-7-8-15(12(2)9-11)20-16(17)13-5-4-6-14(10-13)21(3,18)19/h4-10H,1-3H3. The van der Waals surface area contributed by atoms with E-state index < -0.39 is 15.8 Å². The van der Waals surface area contributed by atoms with Crippen LogP contribution in [0, 0.1) is 13.8 Å². The van der Waals surface area contributed by atoms with E-state index in [4.69, 9.17) is 4.74 Å². The van der Waals surface area contributed by atoms with Gasteiger partial charge in [-0.05, 0) is 43.7 Å². The Morgan fingerprint density at radius 2 is 1.76 bits per heavy atom. The topological polar surface area (TPSA) is 60.4 Å². The van der Waals surface area contributed by atoms with Crippen LogP contribution in [0.3, 0.4) is 0 Å². The zero-order chi connectivity index (χ0) is 15.6. The van der Waals surface area contributed by atoms with Gasteiger partial charge >= 0.3 is 5.97 Å². The first-order valence-corrected chi connectivity index (χ1v) is 8.26. The molecular weight excluding hydrogens is 288 g/mol. The average Bonchev–Trinajstić information content (AvgIpc) is 2.41. The van der Waals surface area contributed by atoms with Gasteiger partial charge in [-0.3, -0.25) is 0 Å². The molecule has 2 aromatic carbocycles. The number of sulfone groups is 1. The number of benzene rings is 2. The molecule has 0 aliphatic carbocycles. The van der Waals surface area contributed by atoms with E-state index in [0.29, 0.717) is 5.75 Å². The van der Waals surface area contributed by atoms with E-state index in [2.05, 4.69) is 0 Å². The van der Waals surface area contributed by atoms with Gasteiger partial charge < -0.3 is 4.74 Å². The monoisotopic (exact) mass is 304 g/mol. The SMILES string of the molecule is Cc1ccc(OC(=O)c2cccc(S(C)(=O)=O)c2)c(C)c1. The van der Waals surface area contributed by atoms with Crippen LogP contribution < -0.4 is 4.74 Å². The summed E-state index contributed by atoms with van der Waals surface area (Å²) in [7, 11) is -3.35. The minimum absolute atomic E-state index is 0.0950. The lowest BCUT2D eigenvalue weighted by molar-refractivity contribution is 0.0733. The number of aryl methyl sites for hydroxylation is 2. The molecule has 0 saturated heterocycles. The molecule has 110 valence electrons. The largest absolute Gasteiger partial charge is 0.423 e. The maximum Gasteiger partial charge on any atom is 0.343 e. The van der Waals surface area contributed by atoms with Gasteiger partial charge in [-0.15, -0.1) is 0 Å². The van der Waals surface area contributed by atoms with E-state index >= 15 is 0 Å². The summed E-state index contributed by atoms with van der Waals surface area (Å²) in [6.45, 7) is 3.80. The van der Waals surface area contributed by atoms with Gasteiger partial charge in [-0.25, -0.2) is 13.2 Å². The van der Waals surface area contributed by atoms with Gasteiger partial charge in [0.15, 0.2) is 9.84 Å². The van der Waals surface area contributed by atoms with Crippen LogP contribution in [0.15, 0.2) is 47.4 Å². The molecule has 0 aromatic heterocycles. The van der Waals surface area contributed by atoms with Crippen molar-refractivity contribution in [3.8, 4) is 5.75 Å². The normalized spacial score (nSPS) is 11.2. The molecule has 0 heterocycles. The minimum atomic E-state index is -3.35. The van der Waals surface area contributed by atoms with Crippen LogP contribution in [0.5, 0.6) is 5.75 Å². The number of carbonyl (C=O) groups is 1. The van der Waals surface area contributed by atoms with Crippen molar-refractivity contribution in [2.75, 3.05) is 6.26 Å². The summed E-state index contributed by atoms with van der Waals surface area (Å²) in [5, 5.41) is 0. The summed E-state index contributed by atoms with van der Waals surface area (Å²) < 4.78 is 28.3. The first kappa shape index (κ1) is 15.3. The molecular formula is C16H16O4S. The molecule has 0 fully saturated rings. The van der Waals surface area contributed by atoms with E-state index in [1.165, 1.54) is 24.3 Å². The number of rotatable bonds is 3. The molecule has 0 saturated carbocycles. The summed E-state index contributed by atoms with van der Waals surface area (Å²) in [6, 6.07) is 11.3. The van der Waals surface area contributed by atoms with Crippen molar-refractivity contribution >= 4 is 15.8 Å². The Labute approximate surface area is 124 Å². The Bertz CT molecular complexity index is 792. The molecule has 0 aliphatic rings. The zero-order valence-electron chi connectivity index (χ0n) is 12.1. The van der Waals surface area contributed by atoms with Crippen molar-refractivity contribution in [1.29, 1.82) is 0 Å². The van der Waals surface area contributed by atoms with Crippen molar-refractivity contribution in [2.24, 2.45) is 0 Å². The highest BCUT2D eigenvalue weighted by Gasteiger charge is 2.14. The highest BCUT2D eigenvalue weighted by molar-refractivity contribution is 7.90. The molecule has 5 heteroatoms. The Morgan fingerprint density at radius 3 is 2.38 bits per heavy atom. The Balaban J connectivity index is 2.29. The van der Waals surface area contributed by atoms with E-state index in [-0.39, 0.29) is 10.5 Å². The number of hydrogen-bond acceptors (Lipinski definition) is 4. The molecule has 0 bridgehead atoms. The fourth-order valence-corrected chi connectivity index (χ4v) is 2.59. The highest BCUT2D eigenvalue weighted by Crippen LogP contribution is 2.20. The van der Waals surface area contributed by atoms with Gasteiger partial charge in [-0.1, -0.05) is 23.8 Å². The minimum Gasteiger partial charge on any atom is -0.423 e. The summed E-state index contributed by atoms with van der Waals surface area (Å²) in [4.78, 5) is 12.2. The maximum absolute atomic E-state index is 12.1. The fourth-order valence-electron chi connectivity index (χ4n) is 1.93. The molecule has 0 unspecified atom stereocenters. The highest BCUT2D eigenvalue weighted by atomic mass is 32.2. The van der Waals surface area contributed by atoms with Gasteiger partial charge in [0.05, 0.1) is 10.5 Å². The Kier molecular flexibility index (Phi) is 4.14. The van der Waals surface area contributed by atoms with Crippen LogP contribution in [-0.2, 0) is 9.84 Å². The van der Waals surface area contributed by atoms with Crippen LogP contribution in [0.1, 0.15) is 21.5 Å². The summed E-state index contributed by atoms with van der Waals surface area (Å²) >= 11 is 0. The first-order valence-electron chi connectivity index (χ1n) is 6.37. The summed E-state index contributed by atoms with van der Waals surface area (Å²) in [5.74, 6) is -0.109. The van der Waals surface area contributed by atoms with Crippen molar-refractivity contribution in [3.05, 3.63) is 59.2 Å². The number of carbonyl (C=O) groups excluding carboxylic acids is 1. The molecule has 0 aliphatic heterocycles. The third-order valence-electron chi connectivity index (χ3n) is 3.03. The molecule has 4 nitrogen and oxygen atoms in total. The Morgan fingerprint density at radius 1 is 1.05 bits per heavy atom. The summed E-state index contributed by atoms with van der Waals surface area (Å²) in [6.07, 6.45) is 1.10. The molecule has 0 spiro atoms. The molecule has 2 aromatic rings. The summed E-state index contributed by atoms with van der Waals surface area (Å²) in [5.41, 5.74) is 2.13. The van der Waals surface area contributed by atoms with Crippen LogP contribution >= 0.6 is 0 Å². The third-order valence-corrected chi connectivity index (χ3v) is 4.14. The number of hydrogen-bond donors (Lipinski definition) is 0. The zero-order valence-corrected chi connectivity index (χ0v) is 12.9. The van der Waals surface area contributed by atoms with E-state index in [1.54, 1.807) is 6.07 Å². The van der Waals surface area contributed by atoms with E-state index in [1.807, 2.05) is 26.0 Å². The predicted molar refractivity (Wildman–Crippen MR) is 80.4 cm³/mol. The number of ether oxygens (including phenoxy) is 1. The lowest BCUT2D eigenvalue weighted by Gasteiger charge is -2.08. The van der Waals surface area contributed by atoms with Crippen LogP contribution in [-0.4, -0.2) is 20.6 Å². The van der Waals surface area contributed by atoms with Gasteiger partial charge in [0.25, 0.3) is 0 Å². The van der Waals surface area contributed by atoms with Crippen LogP contribution in [0.25, 0.3) is 0 Å². The fraction of sp³-hybridized carbons (Fsp3) is 0.188. The smallest absolute Gasteiger partial charge is 0.343 e. The maximum atomic E-state index is 12.1. The second-order valence-electron chi connectivity index (χ2n) is 4.96. The predicted octanol–water partition coefficient (Wildman–Crippen LogP) is 2.93. The first-order chi connectivity index (χ1) is 9.77. The van der Waals surface area contributed by atoms with Crippen molar-refractivity contribution < 1.29 is 17.9 Å².